The van der Waals surface area contributed by atoms with Crippen molar-refractivity contribution in [2.24, 2.45) is 11.7 Å². The van der Waals surface area contributed by atoms with Crippen molar-refractivity contribution in [1.29, 1.82) is 0 Å². The maximum absolute atomic E-state index is 11.2. The molecule has 6 heteroatoms. The molecule has 24 heavy (non-hydrogen) atoms. The first-order valence-corrected chi connectivity index (χ1v) is 8.10. The van der Waals surface area contributed by atoms with Gasteiger partial charge in [-0.05, 0) is 32.1 Å². The number of carbonyl (C=O) groups is 1. The third-order valence-electron chi connectivity index (χ3n) is 4.40. The lowest BCUT2D eigenvalue weighted by Crippen LogP contribution is -2.46. The molecule has 2 atom stereocenters. The summed E-state index contributed by atoms with van der Waals surface area (Å²) in [6.07, 6.45) is 2.81. The summed E-state index contributed by atoms with van der Waals surface area (Å²) in [4.78, 5) is 11.2. The van der Waals surface area contributed by atoms with Crippen LogP contribution in [0.4, 0.5) is 0 Å². The zero-order valence-corrected chi connectivity index (χ0v) is 15.2. The van der Waals surface area contributed by atoms with Crippen LogP contribution in [-0.2, 0) is 11.2 Å². The molecular formula is C18H29NO5. The Balaban J connectivity index is 2.93. The van der Waals surface area contributed by atoms with Crippen LogP contribution in [0.5, 0.6) is 17.2 Å². The van der Waals surface area contributed by atoms with Crippen molar-refractivity contribution >= 4 is 5.97 Å². The van der Waals surface area contributed by atoms with Crippen LogP contribution in [0.3, 0.4) is 0 Å². The minimum absolute atomic E-state index is 0.201. The van der Waals surface area contributed by atoms with E-state index in [0.717, 1.165) is 18.4 Å². The van der Waals surface area contributed by atoms with Crippen molar-refractivity contribution in [1.82, 2.24) is 0 Å². The van der Waals surface area contributed by atoms with Gasteiger partial charge in [0.25, 0.3) is 0 Å². The zero-order valence-electron chi connectivity index (χ0n) is 15.2. The van der Waals surface area contributed by atoms with Gasteiger partial charge in [-0.15, -0.1) is 0 Å². The van der Waals surface area contributed by atoms with Crippen molar-refractivity contribution in [3.8, 4) is 17.2 Å². The molecule has 0 heterocycles. The number of carboxylic acids is 1. The number of aliphatic carboxylic acids is 1. The van der Waals surface area contributed by atoms with Gasteiger partial charge in [0.15, 0.2) is 0 Å². The lowest BCUT2D eigenvalue weighted by molar-refractivity contribution is -0.143. The normalized spacial score (nSPS) is 14.6. The van der Waals surface area contributed by atoms with E-state index in [1.165, 1.54) is 0 Å². The minimum atomic E-state index is -1.21. The van der Waals surface area contributed by atoms with Gasteiger partial charge < -0.3 is 25.1 Å². The van der Waals surface area contributed by atoms with E-state index in [4.69, 9.17) is 19.9 Å². The quantitative estimate of drug-likeness (QED) is 0.681. The molecule has 6 nitrogen and oxygen atoms in total. The van der Waals surface area contributed by atoms with Crippen molar-refractivity contribution in [2.75, 3.05) is 21.3 Å². The highest BCUT2D eigenvalue weighted by Gasteiger charge is 2.31. The molecule has 1 aromatic rings. The fraction of sp³-hybridized carbons (Fsp3) is 0.611. The fourth-order valence-corrected chi connectivity index (χ4v) is 2.81. The first kappa shape index (κ1) is 20.1. The number of rotatable bonds is 10. The molecule has 1 aromatic carbocycles. The molecular weight excluding hydrogens is 310 g/mol. The highest BCUT2D eigenvalue weighted by Crippen LogP contribution is 2.36. The first-order valence-electron chi connectivity index (χ1n) is 8.10. The monoisotopic (exact) mass is 339 g/mol. The number of carboxylic acid groups (broad SMARTS) is 1. The lowest BCUT2D eigenvalue weighted by atomic mass is 9.84. The molecule has 0 fully saturated rings. The van der Waals surface area contributed by atoms with Gasteiger partial charge in [0, 0.05) is 17.7 Å². The second kappa shape index (κ2) is 8.78. The van der Waals surface area contributed by atoms with Crippen LogP contribution in [0.15, 0.2) is 12.1 Å². The van der Waals surface area contributed by atoms with Crippen molar-refractivity contribution in [3.63, 3.8) is 0 Å². The minimum Gasteiger partial charge on any atom is -0.496 e. The Labute approximate surface area is 143 Å². The molecule has 0 amide bonds. The van der Waals surface area contributed by atoms with E-state index >= 15 is 0 Å². The molecule has 0 aliphatic carbocycles. The molecule has 136 valence electrons. The zero-order chi connectivity index (χ0) is 18.3. The molecule has 0 aromatic heterocycles. The smallest absolute Gasteiger partial charge is 0.323 e. The Hall–Kier alpha value is -1.95. The lowest BCUT2D eigenvalue weighted by Gasteiger charge is -2.25. The van der Waals surface area contributed by atoms with Gasteiger partial charge in [0.05, 0.1) is 21.3 Å². The second-order valence-electron chi connectivity index (χ2n) is 6.25. The van der Waals surface area contributed by atoms with Gasteiger partial charge in [-0.25, -0.2) is 0 Å². The highest BCUT2D eigenvalue weighted by atomic mass is 16.5. The fourth-order valence-electron chi connectivity index (χ4n) is 2.81. The molecule has 0 spiro atoms. The Morgan fingerprint density at radius 1 is 1.21 bits per heavy atom. The summed E-state index contributed by atoms with van der Waals surface area (Å²) < 4.78 is 16.2. The van der Waals surface area contributed by atoms with E-state index in [9.17, 15) is 9.90 Å². The van der Waals surface area contributed by atoms with E-state index in [-0.39, 0.29) is 5.92 Å². The molecule has 2 unspecified atom stereocenters. The number of hydrogen-bond acceptors (Lipinski definition) is 5. The summed E-state index contributed by atoms with van der Waals surface area (Å²) in [5.74, 6) is 1.30. The SMILES string of the molecule is CCC(CCc1c(OC)cc(OC)cc1OC)CC(C)(N)C(=O)O. The molecule has 3 N–H and O–H groups in total. The number of hydrogen-bond donors (Lipinski definition) is 2. The molecule has 0 saturated heterocycles. The first-order chi connectivity index (χ1) is 11.3. The Bertz CT molecular complexity index is 531. The van der Waals surface area contributed by atoms with Gasteiger partial charge in [-0.1, -0.05) is 13.3 Å². The number of ether oxygens (including phenoxy) is 3. The Kier molecular flexibility index (Phi) is 7.35. The highest BCUT2D eigenvalue weighted by molar-refractivity contribution is 5.77. The predicted molar refractivity (Wildman–Crippen MR) is 93.0 cm³/mol. The Morgan fingerprint density at radius 2 is 1.75 bits per heavy atom. The van der Waals surface area contributed by atoms with E-state index in [1.54, 1.807) is 28.3 Å². The summed E-state index contributed by atoms with van der Waals surface area (Å²) in [5.41, 5.74) is 5.63. The average molecular weight is 339 g/mol. The third kappa shape index (κ3) is 5.03. The van der Waals surface area contributed by atoms with Gasteiger partial charge >= 0.3 is 5.97 Å². The van der Waals surface area contributed by atoms with Gasteiger partial charge in [0.1, 0.15) is 22.8 Å². The van der Waals surface area contributed by atoms with Crippen LogP contribution >= 0.6 is 0 Å². The molecule has 1 rings (SSSR count). The Morgan fingerprint density at radius 3 is 2.12 bits per heavy atom. The van der Waals surface area contributed by atoms with Crippen LogP contribution < -0.4 is 19.9 Å². The molecule has 0 aliphatic heterocycles. The number of benzene rings is 1. The second-order valence-corrected chi connectivity index (χ2v) is 6.25. The molecule has 0 saturated carbocycles. The maximum atomic E-state index is 11.2. The van der Waals surface area contributed by atoms with Crippen LogP contribution in [-0.4, -0.2) is 37.9 Å². The summed E-state index contributed by atoms with van der Waals surface area (Å²) in [7, 11) is 4.81. The average Bonchev–Trinajstić information content (AvgIpc) is 2.57. The van der Waals surface area contributed by atoms with Crippen LogP contribution in [0.1, 0.15) is 38.7 Å². The van der Waals surface area contributed by atoms with Crippen molar-refractivity contribution in [2.45, 2.75) is 45.1 Å². The molecule has 0 bridgehead atoms. The largest absolute Gasteiger partial charge is 0.496 e. The maximum Gasteiger partial charge on any atom is 0.323 e. The summed E-state index contributed by atoms with van der Waals surface area (Å²) in [6, 6.07) is 3.65. The third-order valence-corrected chi connectivity index (χ3v) is 4.40. The molecule has 0 radical (unpaired) electrons. The summed E-state index contributed by atoms with van der Waals surface area (Å²) in [6.45, 7) is 3.61. The number of methoxy groups -OCH3 is 3. The van der Waals surface area contributed by atoms with Crippen molar-refractivity contribution < 1.29 is 24.1 Å². The predicted octanol–water partition coefficient (Wildman–Crippen LogP) is 2.86. The van der Waals surface area contributed by atoms with E-state index < -0.39 is 11.5 Å². The van der Waals surface area contributed by atoms with Gasteiger partial charge in [-0.2, -0.15) is 0 Å². The van der Waals surface area contributed by atoms with Gasteiger partial charge in [0.2, 0.25) is 0 Å². The van der Waals surface area contributed by atoms with E-state index in [2.05, 4.69) is 0 Å². The number of nitrogens with two attached hydrogens (primary N) is 1. The summed E-state index contributed by atoms with van der Waals surface area (Å²) >= 11 is 0. The molecule has 0 aliphatic rings. The van der Waals surface area contributed by atoms with E-state index in [1.807, 2.05) is 19.1 Å². The van der Waals surface area contributed by atoms with Crippen molar-refractivity contribution in [3.05, 3.63) is 17.7 Å². The van der Waals surface area contributed by atoms with E-state index in [0.29, 0.717) is 30.1 Å². The summed E-state index contributed by atoms with van der Waals surface area (Å²) in [5, 5.41) is 9.21. The van der Waals surface area contributed by atoms with Gasteiger partial charge in [-0.3, -0.25) is 4.79 Å². The standard InChI is InChI=1S/C18H29NO5/c1-6-12(11-18(2,19)17(20)21)7-8-14-15(23-4)9-13(22-3)10-16(14)24-5/h9-10,12H,6-8,11,19H2,1-5H3,(H,20,21). The topological polar surface area (TPSA) is 91.0 Å². The van der Waals surface area contributed by atoms with Crippen LogP contribution in [0.2, 0.25) is 0 Å². The van der Waals surface area contributed by atoms with Crippen LogP contribution in [0.25, 0.3) is 0 Å². The van der Waals surface area contributed by atoms with Crippen LogP contribution in [0, 0.1) is 5.92 Å².